The molecule has 0 saturated carbocycles. The highest BCUT2D eigenvalue weighted by Crippen LogP contribution is 1.91. The highest BCUT2D eigenvalue weighted by molar-refractivity contribution is 5.59. The van der Waals surface area contributed by atoms with E-state index in [-0.39, 0.29) is 6.61 Å². The van der Waals surface area contributed by atoms with Crippen LogP contribution >= 0.6 is 0 Å². The van der Waals surface area contributed by atoms with Gasteiger partial charge >= 0.3 is 12.3 Å². The second-order valence-corrected chi connectivity index (χ2v) is 2.87. The fourth-order valence-corrected chi connectivity index (χ4v) is 0.664. The zero-order valence-electron chi connectivity index (χ0n) is 10.9. The summed E-state index contributed by atoms with van der Waals surface area (Å²) in [5.74, 6) is 0. The van der Waals surface area contributed by atoms with Crippen molar-refractivity contribution in [1.29, 1.82) is 0 Å². The molecule has 0 aromatic heterocycles. The Kier molecular flexibility index (Phi) is 12.4. The average molecular weight is 281 g/mol. The third kappa shape index (κ3) is 18.4. The molecule has 0 aliphatic carbocycles. The van der Waals surface area contributed by atoms with Crippen LogP contribution < -0.4 is 5.11 Å². The molecule has 0 aliphatic heterocycles. The summed E-state index contributed by atoms with van der Waals surface area (Å²) < 4.78 is 16.9. The maximum atomic E-state index is 10.2. The van der Waals surface area contributed by atoms with Gasteiger partial charge in [0.05, 0.1) is 19.3 Å². The first-order chi connectivity index (χ1) is 8.83. The van der Waals surface area contributed by atoms with Crippen LogP contribution in [0.5, 0.6) is 0 Å². The van der Waals surface area contributed by atoms with Crippen LogP contribution in [0.3, 0.4) is 0 Å². The van der Waals surface area contributed by atoms with Crippen LogP contribution in [0.25, 0.3) is 0 Å². The molecule has 0 bridgehead atoms. The van der Waals surface area contributed by atoms with Gasteiger partial charge in [-0.15, -0.1) is 0 Å². The van der Waals surface area contributed by atoms with Gasteiger partial charge in [-0.25, -0.2) is 9.59 Å². The summed E-state index contributed by atoms with van der Waals surface area (Å²) in [6, 6.07) is 0. The molecule has 0 radical (unpaired) electrons. The van der Waals surface area contributed by atoms with Crippen molar-refractivity contribution in [3.05, 3.63) is 0 Å². The van der Waals surface area contributed by atoms with Crippen molar-refractivity contribution in [2.24, 2.45) is 0 Å². The Morgan fingerprint density at radius 3 is 1.89 bits per heavy atom. The molecule has 1 N–H and O–H groups in total. The van der Waals surface area contributed by atoms with E-state index >= 15 is 0 Å². The van der Waals surface area contributed by atoms with Crippen LogP contribution in [-0.2, 0) is 18.9 Å². The number of hydrogen-bond acceptors (Lipinski definition) is 8. The Morgan fingerprint density at radius 2 is 1.58 bits per heavy atom. The Hall–Kier alpha value is -2.19. The van der Waals surface area contributed by atoms with E-state index in [0.29, 0.717) is 13.2 Å². The molecule has 0 aromatic carbocycles. The third-order valence-electron chi connectivity index (χ3n) is 1.26. The zero-order chi connectivity index (χ0) is 15.3. The molecule has 112 valence electrons. The summed E-state index contributed by atoms with van der Waals surface area (Å²) in [5, 5.41) is 17.7. The van der Waals surface area contributed by atoms with E-state index in [1.165, 1.54) is 6.92 Å². The lowest BCUT2D eigenvalue weighted by atomic mass is 10.4. The molecule has 0 aliphatic rings. The number of carboxylic acid groups (broad SMARTS) is 2. The van der Waals surface area contributed by atoms with Gasteiger partial charge in [0.25, 0.3) is 6.16 Å². The molecule has 1 unspecified atom stereocenters. The van der Waals surface area contributed by atoms with Gasteiger partial charge in [-0.3, -0.25) is 0 Å². The predicted molar refractivity (Wildman–Crippen MR) is 58.6 cm³/mol. The first kappa shape index (κ1) is 19.2. The van der Waals surface area contributed by atoms with Crippen molar-refractivity contribution in [2.75, 3.05) is 19.8 Å². The molecule has 9 heteroatoms. The number of hydrogen-bond donors (Lipinski definition) is 1. The van der Waals surface area contributed by atoms with Crippen molar-refractivity contribution in [2.45, 2.75) is 26.9 Å². The summed E-state index contributed by atoms with van der Waals surface area (Å²) in [4.78, 5) is 29.7. The van der Waals surface area contributed by atoms with Crippen molar-refractivity contribution in [3.63, 3.8) is 0 Å². The largest absolute Gasteiger partial charge is 0.543 e. The SMILES string of the molecule is CC(COC(=O)O)OC(=O)[O-].CCOC(=O)OCC. The maximum Gasteiger partial charge on any atom is 0.508 e. The van der Waals surface area contributed by atoms with Crippen LogP contribution in [0, 0.1) is 0 Å². The van der Waals surface area contributed by atoms with E-state index in [4.69, 9.17) is 5.11 Å². The third-order valence-corrected chi connectivity index (χ3v) is 1.26. The van der Waals surface area contributed by atoms with Crippen LogP contribution in [0.1, 0.15) is 20.8 Å². The van der Waals surface area contributed by atoms with Gasteiger partial charge in [0, 0.05) is 0 Å². The molecule has 19 heavy (non-hydrogen) atoms. The van der Waals surface area contributed by atoms with E-state index in [1.54, 1.807) is 13.8 Å². The van der Waals surface area contributed by atoms with Gasteiger partial charge in [0.1, 0.15) is 6.61 Å². The Bertz CT molecular complexity index is 268. The van der Waals surface area contributed by atoms with Gasteiger partial charge in [0.15, 0.2) is 0 Å². The van der Waals surface area contributed by atoms with Gasteiger partial charge in [-0.05, 0) is 20.8 Å². The Balaban J connectivity index is 0. The smallest absolute Gasteiger partial charge is 0.508 e. The summed E-state index contributed by atoms with van der Waals surface area (Å²) >= 11 is 0. The lowest BCUT2D eigenvalue weighted by Gasteiger charge is -2.15. The quantitative estimate of drug-likeness (QED) is 0.568. The second-order valence-electron chi connectivity index (χ2n) is 2.87. The molecule has 0 rings (SSSR count). The number of ether oxygens (including phenoxy) is 4. The minimum atomic E-state index is -1.70. The Labute approximate surface area is 110 Å². The van der Waals surface area contributed by atoms with Gasteiger partial charge in [-0.2, -0.15) is 0 Å². The second kappa shape index (κ2) is 12.3. The maximum absolute atomic E-state index is 10.2. The normalized spacial score (nSPS) is 10.3. The van der Waals surface area contributed by atoms with Crippen molar-refractivity contribution in [3.8, 4) is 0 Å². The number of carbonyl (C=O) groups excluding carboxylic acids is 2. The molecule has 0 amide bonds. The highest BCUT2D eigenvalue weighted by atomic mass is 16.7. The molecule has 0 saturated heterocycles. The standard InChI is InChI=1S/C5H8O6.C5H10O3/c1-3(11-5(8)9)2-10-4(6)7;1-3-7-5(6)8-4-2/h3H,2H2,1H3,(H,6,7)(H,8,9);3-4H2,1-2H3/p-1. The van der Waals surface area contributed by atoms with Crippen molar-refractivity contribution in [1.82, 2.24) is 0 Å². The van der Waals surface area contributed by atoms with Crippen LogP contribution in [-0.4, -0.2) is 49.5 Å². The molecule has 1 atom stereocenters. The van der Waals surface area contributed by atoms with E-state index in [9.17, 15) is 19.5 Å². The van der Waals surface area contributed by atoms with Gasteiger partial charge in [0.2, 0.25) is 0 Å². The number of carbonyl (C=O) groups is 3. The van der Waals surface area contributed by atoms with E-state index in [1.807, 2.05) is 0 Å². The topological polar surface area (TPSA) is 131 Å². The summed E-state index contributed by atoms with van der Waals surface area (Å²) in [6.07, 6.45) is -4.60. The monoisotopic (exact) mass is 281 g/mol. The zero-order valence-corrected chi connectivity index (χ0v) is 10.9. The molecule has 0 fully saturated rings. The lowest BCUT2D eigenvalue weighted by Crippen LogP contribution is -2.30. The Morgan fingerprint density at radius 1 is 1.11 bits per heavy atom. The van der Waals surface area contributed by atoms with Crippen LogP contribution in [0.15, 0.2) is 0 Å². The van der Waals surface area contributed by atoms with Crippen LogP contribution in [0.4, 0.5) is 14.4 Å². The predicted octanol–water partition coefficient (Wildman–Crippen LogP) is 0.609. The fourth-order valence-electron chi connectivity index (χ4n) is 0.664. The minimum Gasteiger partial charge on any atom is -0.543 e. The lowest BCUT2D eigenvalue weighted by molar-refractivity contribution is -0.287. The minimum absolute atomic E-state index is 0.330. The average Bonchev–Trinajstić information content (AvgIpc) is 2.27. The number of rotatable bonds is 5. The molecule has 0 spiro atoms. The van der Waals surface area contributed by atoms with Gasteiger partial charge in [-0.1, -0.05) is 0 Å². The van der Waals surface area contributed by atoms with E-state index in [2.05, 4.69) is 18.9 Å². The molecule has 9 nitrogen and oxygen atoms in total. The van der Waals surface area contributed by atoms with E-state index in [0.717, 1.165) is 0 Å². The molecule has 0 heterocycles. The highest BCUT2D eigenvalue weighted by Gasteiger charge is 2.03. The summed E-state index contributed by atoms with van der Waals surface area (Å²) in [5.41, 5.74) is 0. The van der Waals surface area contributed by atoms with Crippen molar-refractivity contribution < 1.29 is 43.5 Å². The molecular weight excluding hydrogens is 264 g/mol. The van der Waals surface area contributed by atoms with Crippen molar-refractivity contribution >= 4 is 18.5 Å². The van der Waals surface area contributed by atoms with Gasteiger partial charge < -0.3 is 34.0 Å². The summed E-state index contributed by atoms with van der Waals surface area (Å²) in [7, 11) is 0. The first-order valence-electron chi connectivity index (χ1n) is 5.36. The fraction of sp³-hybridized carbons (Fsp3) is 0.700. The molecular formula is C10H17O9-. The first-order valence-corrected chi connectivity index (χ1v) is 5.36. The van der Waals surface area contributed by atoms with E-state index < -0.39 is 24.6 Å². The molecule has 0 aromatic rings. The summed E-state index contributed by atoms with van der Waals surface area (Å²) in [6.45, 7) is 5.23. The van der Waals surface area contributed by atoms with Crippen LogP contribution in [0.2, 0.25) is 0 Å².